The fourth-order valence-electron chi connectivity index (χ4n) is 2.35. The van der Waals surface area contributed by atoms with Crippen molar-refractivity contribution in [3.05, 3.63) is 71.4 Å². The number of aromatic amines is 1. The minimum atomic E-state index is -0.459. The molecule has 0 aliphatic rings. The molecule has 0 fully saturated rings. The van der Waals surface area contributed by atoms with Crippen molar-refractivity contribution in [2.45, 2.75) is 6.92 Å². The number of rotatable bonds is 4. The number of nitrogens with zero attached hydrogens (tertiary/aromatic N) is 1. The summed E-state index contributed by atoms with van der Waals surface area (Å²) < 4.78 is 4.67. The van der Waals surface area contributed by atoms with Gasteiger partial charge in [-0.1, -0.05) is 35.9 Å². The zero-order valence-corrected chi connectivity index (χ0v) is 13.9. The van der Waals surface area contributed by atoms with Crippen LogP contribution in [0.1, 0.15) is 26.4 Å². The van der Waals surface area contributed by atoms with Gasteiger partial charge in [0.05, 0.1) is 18.4 Å². The van der Waals surface area contributed by atoms with E-state index in [0.717, 1.165) is 11.1 Å². The van der Waals surface area contributed by atoms with Gasteiger partial charge in [0, 0.05) is 11.3 Å². The number of nitrogens with one attached hydrogen (secondary N) is 2. The minimum absolute atomic E-state index is 0.332. The molecule has 1 amide bonds. The summed E-state index contributed by atoms with van der Waals surface area (Å²) in [7, 11) is 1.31. The van der Waals surface area contributed by atoms with Crippen molar-refractivity contribution in [1.82, 2.24) is 10.2 Å². The Balaban J connectivity index is 1.76. The zero-order valence-electron chi connectivity index (χ0n) is 13.9. The highest BCUT2D eigenvalue weighted by Gasteiger charge is 2.12. The molecular weight excluding hydrogens is 318 g/mol. The van der Waals surface area contributed by atoms with Crippen LogP contribution < -0.4 is 5.32 Å². The molecule has 0 saturated heterocycles. The second-order valence-corrected chi connectivity index (χ2v) is 5.56. The zero-order chi connectivity index (χ0) is 17.8. The second kappa shape index (κ2) is 7.00. The molecule has 0 aliphatic carbocycles. The first-order valence-corrected chi connectivity index (χ1v) is 7.69. The molecule has 25 heavy (non-hydrogen) atoms. The molecule has 6 nitrogen and oxygen atoms in total. The quantitative estimate of drug-likeness (QED) is 0.716. The third kappa shape index (κ3) is 3.74. The molecule has 1 aromatic heterocycles. The fraction of sp³-hybridized carbons (Fsp3) is 0.105. The van der Waals surface area contributed by atoms with Crippen LogP contribution in [-0.2, 0) is 4.74 Å². The first-order valence-electron chi connectivity index (χ1n) is 7.69. The molecule has 0 spiro atoms. The van der Waals surface area contributed by atoms with Gasteiger partial charge in [-0.15, -0.1) is 0 Å². The molecule has 0 radical (unpaired) electrons. The Hall–Kier alpha value is -3.41. The highest BCUT2D eigenvalue weighted by molar-refractivity contribution is 6.04. The topological polar surface area (TPSA) is 84.1 Å². The van der Waals surface area contributed by atoms with Gasteiger partial charge in [-0.3, -0.25) is 9.89 Å². The van der Waals surface area contributed by atoms with Gasteiger partial charge in [-0.2, -0.15) is 5.10 Å². The SMILES string of the molecule is COC(=O)c1cccc(NC(=O)c2cc(-c3ccc(C)cc3)n[nH]2)c1. The number of amides is 1. The maximum atomic E-state index is 12.4. The molecule has 6 heteroatoms. The van der Waals surface area contributed by atoms with Crippen molar-refractivity contribution < 1.29 is 14.3 Å². The molecule has 0 atom stereocenters. The maximum absolute atomic E-state index is 12.4. The molecule has 1 heterocycles. The van der Waals surface area contributed by atoms with E-state index in [2.05, 4.69) is 20.3 Å². The van der Waals surface area contributed by atoms with Gasteiger partial charge in [0.25, 0.3) is 5.91 Å². The Morgan fingerprint density at radius 2 is 1.84 bits per heavy atom. The van der Waals surface area contributed by atoms with Crippen molar-refractivity contribution in [3.63, 3.8) is 0 Å². The van der Waals surface area contributed by atoms with E-state index in [4.69, 9.17) is 0 Å². The van der Waals surface area contributed by atoms with Crippen LogP contribution in [0.4, 0.5) is 5.69 Å². The summed E-state index contributed by atoms with van der Waals surface area (Å²) in [6.45, 7) is 2.01. The lowest BCUT2D eigenvalue weighted by molar-refractivity contribution is 0.0600. The molecule has 2 aromatic carbocycles. The molecule has 3 aromatic rings. The lowest BCUT2D eigenvalue weighted by Gasteiger charge is -2.05. The van der Waals surface area contributed by atoms with Gasteiger partial charge in [0.15, 0.2) is 0 Å². The lowest BCUT2D eigenvalue weighted by atomic mass is 10.1. The molecular formula is C19H17N3O3. The minimum Gasteiger partial charge on any atom is -0.465 e. The Morgan fingerprint density at radius 3 is 2.56 bits per heavy atom. The van der Waals surface area contributed by atoms with Crippen LogP contribution in [0.3, 0.4) is 0 Å². The van der Waals surface area contributed by atoms with Crippen LogP contribution in [0.15, 0.2) is 54.6 Å². The van der Waals surface area contributed by atoms with E-state index in [1.165, 1.54) is 7.11 Å². The first kappa shape index (κ1) is 16.4. The summed E-state index contributed by atoms with van der Waals surface area (Å²) >= 11 is 0. The van der Waals surface area contributed by atoms with Crippen LogP contribution in [0.5, 0.6) is 0 Å². The number of hydrogen-bond acceptors (Lipinski definition) is 4. The number of esters is 1. The Kier molecular flexibility index (Phi) is 4.61. The van der Waals surface area contributed by atoms with E-state index in [1.807, 2.05) is 31.2 Å². The first-order chi connectivity index (χ1) is 12.1. The van der Waals surface area contributed by atoms with Gasteiger partial charge in [-0.05, 0) is 31.2 Å². The maximum Gasteiger partial charge on any atom is 0.337 e. The third-order valence-corrected chi connectivity index (χ3v) is 3.71. The molecule has 126 valence electrons. The van der Waals surface area contributed by atoms with E-state index in [-0.39, 0.29) is 5.91 Å². The number of aromatic nitrogens is 2. The van der Waals surface area contributed by atoms with Crippen molar-refractivity contribution in [2.24, 2.45) is 0 Å². The predicted octanol–water partition coefficient (Wildman–Crippen LogP) is 3.42. The lowest BCUT2D eigenvalue weighted by Crippen LogP contribution is -2.13. The van der Waals surface area contributed by atoms with Crippen LogP contribution in [0.2, 0.25) is 0 Å². The number of carbonyl (C=O) groups is 2. The number of anilines is 1. The van der Waals surface area contributed by atoms with Gasteiger partial charge in [-0.25, -0.2) is 4.79 Å². The van der Waals surface area contributed by atoms with Gasteiger partial charge >= 0.3 is 5.97 Å². The summed E-state index contributed by atoms with van der Waals surface area (Å²) in [6, 6.07) is 16.1. The highest BCUT2D eigenvalue weighted by Crippen LogP contribution is 2.19. The summed E-state index contributed by atoms with van der Waals surface area (Å²) in [4.78, 5) is 23.9. The van der Waals surface area contributed by atoms with Crippen molar-refractivity contribution in [1.29, 1.82) is 0 Å². The van der Waals surface area contributed by atoms with Crippen molar-refractivity contribution in [2.75, 3.05) is 12.4 Å². The van der Waals surface area contributed by atoms with E-state index in [9.17, 15) is 9.59 Å². The molecule has 2 N–H and O–H groups in total. The number of H-pyrrole nitrogens is 1. The summed E-state index contributed by atoms with van der Waals surface area (Å²) in [5.41, 5.74) is 3.97. The monoisotopic (exact) mass is 335 g/mol. The van der Waals surface area contributed by atoms with Crippen LogP contribution in [0.25, 0.3) is 11.3 Å². The molecule has 0 unspecified atom stereocenters. The average molecular weight is 335 g/mol. The fourth-order valence-corrected chi connectivity index (χ4v) is 2.35. The number of hydrogen-bond donors (Lipinski definition) is 2. The van der Waals surface area contributed by atoms with Crippen molar-refractivity contribution in [3.8, 4) is 11.3 Å². The normalized spacial score (nSPS) is 10.3. The summed E-state index contributed by atoms with van der Waals surface area (Å²) in [6.07, 6.45) is 0. The van der Waals surface area contributed by atoms with Crippen LogP contribution >= 0.6 is 0 Å². The van der Waals surface area contributed by atoms with Gasteiger partial charge in [0.2, 0.25) is 0 Å². The number of carbonyl (C=O) groups excluding carboxylic acids is 2. The number of ether oxygens (including phenoxy) is 1. The van der Waals surface area contributed by atoms with E-state index >= 15 is 0 Å². The summed E-state index contributed by atoms with van der Waals surface area (Å²) in [5.74, 6) is -0.799. The van der Waals surface area contributed by atoms with E-state index in [0.29, 0.717) is 22.6 Å². The van der Waals surface area contributed by atoms with Gasteiger partial charge < -0.3 is 10.1 Å². The third-order valence-electron chi connectivity index (χ3n) is 3.71. The van der Waals surface area contributed by atoms with E-state index < -0.39 is 5.97 Å². The van der Waals surface area contributed by atoms with Crippen LogP contribution in [0, 0.1) is 6.92 Å². The second-order valence-electron chi connectivity index (χ2n) is 5.56. The predicted molar refractivity (Wildman–Crippen MR) is 94.5 cm³/mol. The average Bonchev–Trinajstić information content (AvgIpc) is 3.12. The Bertz CT molecular complexity index is 914. The number of aryl methyl sites for hydroxylation is 1. The Morgan fingerprint density at radius 1 is 1.08 bits per heavy atom. The molecule has 0 bridgehead atoms. The van der Waals surface area contributed by atoms with Crippen molar-refractivity contribution >= 4 is 17.6 Å². The number of benzene rings is 2. The smallest absolute Gasteiger partial charge is 0.337 e. The summed E-state index contributed by atoms with van der Waals surface area (Å²) in [5, 5.41) is 9.65. The Labute approximate surface area is 144 Å². The highest BCUT2D eigenvalue weighted by atomic mass is 16.5. The molecule has 0 saturated carbocycles. The molecule has 0 aliphatic heterocycles. The van der Waals surface area contributed by atoms with Gasteiger partial charge in [0.1, 0.15) is 5.69 Å². The number of methoxy groups -OCH3 is 1. The standard InChI is InChI=1S/C19H17N3O3/c1-12-6-8-13(9-7-12)16-11-17(22-21-16)18(23)20-15-5-3-4-14(10-15)19(24)25-2/h3-11H,1-2H3,(H,20,23)(H,21,22). The van der Waals surface area contributed by atoms with E-state index in [1.54, 1.807) is 30.3 Å². The van der Waals surface area contributed by atoms with Crippen LogP contribution in [-0.4, -0.2) is 29.2 Å². The largest absolute Gasteiger partial charge is 0.465 e. The molecule has 3 rings (SSSR count).